The fraction of sp³-hybridized carbons (Fsp3) is 0.545. The SMILES string of the molecule is C=CCC1CCCC/C1=C/C#N. The number of rotatable bonds is 2. The largest absolute Gasteiger partial charge is 0.193 e. The van der Waals surface area contributed by atoms with Gasteiger partial charge in [-0.3, -0.25) is 0 Å². The van der Waals surface area contributed by atoms with Crippen molar-refractivity contribution in [2.24, 2.45) is 5.92 Å². The normalized spacial score (nSPS) is 26.6. The first-order valence-electron chi connectivity index (χ1n) is 4.58. The third-order valence-electron chi connectivity index (χ3n) is 2.49. The molecular formula is C11H15N. The lowest BCUT2D eigenvalue weighted by Gasteiger charge is -2.23. The van der Waals surface area contributed by atoms with Gasteiger partial charge in [0.05, 0.1) is 6.07 Å². The molecular weight excluding hydrogens is 146 g/mol. The van der Waals surface area contributed by atoms with E-state index >= 15 is 0 Å². The Kier molecular flexibility index (Phi) is 3.60. The molecule has 0 N–H and O–H groups in total. The fourth-order valence-corrected chi connectivity index (χ4v) is 1.85. The molecule has 0 radical (unpaired) electrons. The summed E-state index contributed by atoms with van der Waals surface area (Å²) in [6, 6.07) is 2.13. The average molecular weight is 161 g/mol. The molecule has 0 heterocycles. The zero-order valence-electron chi connectivity index (χ0n) is 7.42. The molecule has 12 heavy (non-hydrogen) atoms. The molecule has 0 amide bonds. The molecule has 0 aromatic carbocycles. The highest BCUT2D eigenvalue weighted by atomic mass is 14.3. The monoisotopic (exact) mass is 161 g/mol. The van der Waals surface area contributed by atoms with Gasteiger partial charge in [-0.05, 0) is 31.6 Å². The van der Waals surface area contributed by atoms with Gasteiger partial charge in [0.2, 0.25) is 0 Å². The van der Waals surface area contributed by atoms with Gasteiger partial charge in [0.1, 0.15) is 0 Å². The molecule has 0 aromatic heterocycles. The third kappa shape index (κ3) is 2.23. The minimum Gasteiger partial charge on any atom is -0.193 e. The summed E-state index contributed by atoms with van der Waals surface area (Å²) in [7, 11) is 0. The Morgan fingerprint density at radius 1 is 1.58 bits per heavy atom. The second-order valence-corrected chi connectivity index (χ2v) is 3.32. The van der Waals surface area contributed by atoms with Crippen LogP contribution in [0.1, 0.15) is 32.1 Å². The van der Waals surface area contributed by atoms with Crippen LogP contribution in [-0.2, 0) is 0 Å². The summed E-state index contributed by atoms with van der Waals surface area (Å²) in [5, 5.41) is 8.55. The van der Waals surface area contributed by atoms with Gasteiger partial charge < -0.3 is 0 Å². The van der Waals surface area contributed by atoms with E-state index < -0.39 is 0 Å². The molecule has 1 heteroatoms. The van der Waals surface area contributed by atoms with Gasteiger partial charge in [0.25, 0.3) is 0 Å². The van der Waals surface area contributed by atoms with Crippen LogP contribution in [0.5, 0.6) is 0 Å². The first-order chi connectivity index (χ1) is 5.88. The maximum atomic E-state index is 8.55. The van der Waals surface area contributed by atoms with Gasteiger partial charge in [-0.15, -0.1) is 6.58 Å². The average Bonchev–Trinajstić information content (AvgIpc) is 2.09. The van der Waals surface area contributed by atoms with Crippen LogP contribution in [0.2, 0.25) is 0 Å². The molecule has 1 aliphatic carbocycles. The second-order valence-electron chi connectivity index (χ2n) is 3.32. The van der Waals surface area contributed by atoms with Crippen molar-refractivity contribution in [2.45, 2.75) is 32.1 Å². The first kappa shape index (κ1) is 9.06. The molecule has 1 rings (SSSR count). The summed E-state index contributed by atoms with van der Waals surface area (Å²) >= 11 is 0. The lowest BCUT2D eigenvalue weighted by molar-refractivity contribution is 0.457. The smallest absolute Gasteiger partial charge is 0.0911 e. The Labute approximate surface area is 74.4 Å². The molecule has 1 unspecified atom stereocenters. The highest BCUT2D eigenvalue weighted by Gasteiger charge is 2.16. The molecule has 0 spiro atoms. The van der Waals surface area contributed by atoms with Gasteiger partial charge in [-0.25, -0.2) is 0 Å². The number of allylic oxidation sites excluding steroid dienone is 3. The van der Waals surface area contributed by atoms with Crippen LogP contribution in [0.15, 0.2) is 24.3 Å². The Balaban J connectivity index is 2.61. The summed E-state index contributed by atoms with van der Waals surface area (Å²) in [5.41, 5.74) is 1.34. The highest BCUT2D eigenvalue weighted by Crippen LogP contribution is 2.31. The van der Waals surface area contributed by atoms with E-state index in [2.05, 4.69) is 12.6 Å². The topological polar surface area (TPSA) is 23.8 Å². The number of hydrogen-bond donors (Lipinski definition) is 0. The number of nitrogens with zero attached hydrogens (tertiary/aromatic N) is 1. The Morgan fingerprint density at radius 3 is 3.08 bits per heavy atom. The van der Waals surface area contributed by atoms with Crippen LogP contribution < -0.4 is 0 Å². The summed E-state index contributed by atoms with van der Waals surface area (Å²) in [5.74, 6) is 0.607. The fourth-order valence-electron chi connectivity index (χ4n) is 1.85. The van der Waals surface area contributed by atoms with Crippen LogP contribution in [0.3, 0.4) is 0 Å². The molecule has 64 valence electrons. The van der Waals surface area contributed by atoms with Gasteiger partial charge in [0.15, 0.2) is 0 Å². The van der Waals surface area contributed by atoms with Crippen molar-refractivity contribution in [1.29, 1.82) is 5.26 Å². The lowest BCUT2D eigenvalue weighted by Crippen LogP contribution is -2.08. The van der Waals surface area contributed by atoms with Crippen LogP contribution in [-0.4, -0.2) is 0 Å². The van der Waals surface area contributed by atoms with E-state index in [0.717, 1.165) is 12.8 Å². The predicted molar refractivity (Wildman–Crippen MR) is 50.5 cm³/mol. The van der Waals surface area contributed by atoms with E-state index in [4.69, 9.17) is 5.26 Å². The first-order valence-corrected chi connectivity index (χ1v) is 4.58. The number of hydrogen-bond acceptors (Lipinski definition) is 1. The summed E-state index contributed by atoms with van der Waals surface area (Å²) in [4.78, 5) is 0. The van der Waals surface area contributed by atoms with Crippen molar-refractivity contribution in [3.05, 3.63) is 24.3 Å². The standard InChI is InChI=1S/C11H15N/c1-2-5-10-6-3-4-7-11(10)8-9-12/h2,8,10H,1,3-7H2/b11-8-. The zero-order valence-corrected chi connectivity index (χ0v) is 7.42. The lowest BCUT2D eigenvalue weighted by atomic mass is 9.82. The second kappa shape index (κ2) is 4.77. The predicted octanol–water partition coefficient (Wildman–Crippen LogP) is 3.20. The summed E-state index contributed by atoms with van der Waals surface area (Å²) in [6.45, 7) is 3.74. The minimum atomic E-state index is 0.607. The Hall–Kier alpha value is -1.03. The van der Waals surface area contributed by atoms with E-state index in [1.807, 2.05) is 6.08 Å². The minimum absolute atomic E-state index is 0.607. The van der Waals surface area contributed by atoms with Gasteiger partial charge >= 0.3 is 0 Å². The van der Waals surface area contributed by atoms with Gasteiger partial charge in [-0.2, -0.15) is 5.26 Å². The quantitative estimate of drug-likeness (QED) is 0.450. The molecule has 1 saturated carbocycles. The Morgan fingerprint density at radius 2 is 2.42 bits per heavy atom. The van der Waals surface area contributed by atoms with E-state index in [-0.39, 0.29) is 0 Å². The molecule has 0 bridgehead atoms. The molecule has 0 aliphatic heterocycles. The van der Waals surface area contributed by atoms with Crippen molar-refractivity contribution in [2.75, 3.05) is 0 Å². The van der Waals surface area contributed by atoms with E-state index in [9.17, 15) is 0 Å². The van der Waals surface area contributed by atoms with E-state index in [1.165, 1.54) is 24.8 Å². The van der Waals surface area contributed by atoms with Crippen molar-refractivity contribution >= 4 is 0 Å². The van der Waals surface area contributed by atoms with E-state index in [0.29, 0.717) is 5.92 Å². The molecule has 0 saturated heterocycles. The van der Waals surface area contributed by atoms with Crippen molar-refractivity contribution < 1.29 is 0 Å². The highest BCUT2D eigenvalue weighted by molar-refractivity contribution is 5.18. The van der Waals surface area contributed by atoms with Crippen LogP contribution >= 0.6 is 0 Å². The molecule has 1 atom stereocenters. The van der Waals surface area contributed by atoms with Crippen LogP contribution in [0.25, 0.3) is 0 Å². The van der Waals surface area contributed by atoms with Gasteiger partial charge in [0, 0.05) is 6.08 Å². The zero-order chi connectivity index (χ0) is 8.81. The maximum Gasteiger partial charge on any atom is 0.0911 e. The van der Waals surface area contributed by atoms with Crippen molar-refractivity contribution in [3.8, 4) is 6.07 Å². The maximum absolute atomic E-state index is 8.55. The molecule has 1 nitrogen and oxygen atoms in total. The number of nitriles is 1. The van der Waals surface area contributed by atoms with E-state index in [1.54, 1.807) is 6.08 Å². The van der Waals surface area contributed by atoms with Crippen LogP contribution in [0.4, 0.5) is 0 Å². The van der Waals surface area contributed by atoms with Crippen molar-refractivity contribution in [3.63, 3.8) is 0 Å². The molecule has 0 aromatic rings. The molecule has 1 aliphatic rings. The Bertz CT molecular complexity index is 220. The summed E-state index contributed by atoms with van der Waals surface area (Å²) < 4.78 is 0. The summed E-state index contributed by atoms with van der Waals surface area (Å²) in [6.07, 6.45) is 9.63. The van der Waals surface area contributed by atoms with Crippen molar-refractivity contribution in [1.82, 2.24) is 0 Å². The molecule has 1 fully saturated rings. The third-order valence-corrected chi connectivity index (χ3v) is 2.49. The van der Waals surface area contributed by atoms with Crippen LogP contribution in [0, 0.1) is 17.2 Å². The van der Waals surface area contributed by atoms with Gasteiger partial charge in [-0.1, -0.05) is 18.1 Å².